The van der Waals surface area contributed by atoms with Gasteiger partial charge in [-0.05, 0) is 38.9 Å². The Morgan fingerprint density at radius 1 is 0.481 bits per heavy atom. The molecule has 0 N–H and O–H groups in total. The molecule has 0 fully saturated rings. The largest absolute Gasteiger partial charge is 0.380 e. The molecule has 27 heavy (non-hydrogen) atoms. The van der Waals surface area contributed by atoms with E-state index in [9.17, 15) is 0 Å². The molecular weight excluding hydrogens is 328 g/mol. The Balaban J connectivity index is 1.60. The minimum absolute atomic E-state index is 0.624. The summed E-state index contributed by atoms with van der Waals surface area (Å²) in [7, 11) is 1.74. The number of ether oxygens (including phenoxy) is 1. The summed E-state index contributed by atoms with van der Waals surface area (Å²) >= 11 is 0. The fraction of sp³-hybridized carbons (Fsp3) is 0.0769. The van der Waals surface area contributed by atoms with E-state index in [1.165, 1.54) is 38.9 Å². The predicted octanol–water partition coefficient (Wildman–Crippen LogP) is 6.83. The Labute approximate surface area is 160 Å². The van der Waals surface area contributed by atoms with E-state index in [4.69, 9.17) is 4.74 Å². The van der Waals surface area contributed by atoms with Gasteiger partial charge in [-0.25, -0.2) is 0 Å². The molecule has 0 saturated heterocycles. The van der Waals surface area contributed by atoms with Crippen LogP contribution in [0.5, 0.6) is 0 Å². The van der Waals surface area contributed by atoms with Crippen LogP contribution in [0.2, 0.25) is 0 Å². The van der Waals surface area contributed by atoms with Crippen molar-refractivity contribution in [3.05, 3.63) is 109 Å². The van der Waals surface area contributed by atoms with E-state index in [-0.39, 0.29) is 0 Å². The van der Waals surface area contributed by atoms with Crippen molar-refractivity contribution in [2.75, 3.05) is 7.11 Å². The normalized spacial score (nSPS) is 10.7. The van der Waals surface area contributed by atoms with E-state index < -0.39 is 0 Å². The first-order valence-corrected chi connectivity index (χ1v) is 9.18. The molecule has 0 saturated carbocycles. The van der Waals surface area contributed by atoms with E-state index in [1.807, 2.05) is 6.07 Å². The molecule has 4 aromatic rings. The second kappa shape index (κ2) is 8.03. The van der Waals surface area contributed by atoms with Crippen LogP contribution in [0, 0.1) is 0 Å². The van der Waals surface area contributed by atoms with Crippen LogP contribution in [-0.2, 0) is 11.3 Å². The van der Waals surface area contributed by atoms with Crippen LogP contribution < -0.4 is 0 Å². The van der Waals surface area contributed by atoms with Crippen molar-refractivity contribution in [2.45, 2.75) is 6.61 Å². The highest BCUT2D eigenvalue weighted by atomic mass is 16.5. The first-order chi connectivity index (χ1) is 13.3. The van der Waals surface area contributed by atoms with Gasteiger partial charge in [0, 0.05) is 7.11 Å². The van der Waals surface area contributed by atoms with E-state index >= 15 is 0 Å². The summed E-state index contributed by atoms with van der Waals surface area (Å²) in [5.74, 6) is 0. The third-order valence-corrected chi connectivity index (χ3v) is 4.84. The lowest BCUT2D eigenvalue weighted by Crippen LogP contribution is -1.91. The number of rotatable bonds is 5. The van der Waals surface area contributed by atoms with Gasteiger partial charge in [-0.1, -0.05) is 103 Å². The molecule has 132 valence electrons. The molecule has 0 aliphatic carbocycles. The third kappa shape index (κ3) is 3.84. The summed E-state index contributed by atoms with van der Waals surface area (Å²) in [5, 5.41) is 0. The molecule has 0 spiro atoms. The molecule has 1 heteroatoms. The topological polar surface area (TPSA) is 9.23 Å². The Morgan fingerprint density at radius 2 is 0.926 bits per heavy atom. The summed E-state index contributed by atoms with van der Waals surface area (Å²) in [6.07, 6.45) is 0. The average molecular weight is 350 g/mol. The van der Waals surface area contributed by atoms with Crippen LogP contribution in [0.25, 0.3) is 33.4 Å². The quantitative estimate of drug-likeness (QED) is 0.383. The molecule has 4 aromatic carbocycles. The SMILES string of the molecule is COCc1ccccc1-c1ccc(-c2ccc(-c3ccccc3)cc2)cc1. The maximum absolute atomic E-state index is 5.33. The highest BCUT2D eigenvalue weighted by molar-refractivity contribution is 5.74. The number of methoxy groups -OCH3 is 1. The minimum atomic E-state index is 0.624. The molecule has 0 amide bonds. The van der Waals surface area contributed by atoms with Crippen molar-refractivity contribution in [3.8, 4) is 33.4 Å². The lowest BCUT2D eigenvalue weighted by molar-refractivity contribution is 0.185. The predicted molar refractivity (Wildman–Crippen MR) is 113 cm³/mol. The standard InChI is InChI=1S/C26H22O/c1-27-19-25-9-5-6-10-26(25)24-17-15-23(16-18-24)22-13-11-21(12-14-22)20-7-3-2-4-8-20/h2-18H,19H2,1H3. The average Bonchev–Trinajstić information content (AvgIpc) is 2.75. The molecule has 4 rings (SSSR count). The fourth-order valence-electron chi connectivity index (χ4n) is 3.41. The highest BCUT2D eigenvalue weighted by Gasteiger charge is 2.05. The second-order valence-corrected chi connectivity index (χ2v) is 6.61. The van der Waals surface area contributed by atoms with Gasteiger partial charge in [-0.2, -0.15) is 0 Å². The maximum Gasteiger partial charge on any atom is 0.0719 e. The first kappa shape index (κ1) is 17.3. The van der Waals surface area contributed by atoms with E-state index in [0.29, 0.717) is 6.61 Å². The van der Waals surface area contributed by atoms with Crippen LogP contribution >= 0.6 is 0 Å². The Morgan fingerprint density at radius 3 is 1.48 bits per heavy atom. The molecule has 0 radical (unpaired) electrons. The van der Waals surface area contributed by atoms with Crippen molar-refractivity contribution >= 4 is 0 Å². The highest BCUT2D eigenvalue weighted by Crippen LogP contribution is 2.29. The molecule has 0 heterocycles. The van der Waals surface area contributed by atoms with Gasteiger partial charge in [0.05, 0.1) is 6.61 Å². The van der Waals surface area contributed by atoms with Crippen molar-refractivity contribution in [1.82, 2.24) is 0 Å². The van der Waals surface area contributed by atoms with Crippen molar-refractivity contribution in [2.24, 2.45) is 0 Å². The van der Waals surface area contributed by atoms with Crippen molar-refractivity contribution < 1.29 is 4.74 Å². The zero-order chi connectivity index (χ0) is 18.5. The summed E-state index contributed by atoms with van der Waals surface area (Å²) in [6, 6.07) is 36.4. The zero-order valence-electron chi connectivity index (χ0n) is 15.4. The van der Waals surface area contributed by atoms with Gasteiger partial charge in [0.2, 0.25) is 0 Å². The summed E-state index contributed by atoms with van der Waals surface area (Å²) in [5.41, 5.74) is 8.59. The Hall–Kier alpha value is -3.16. The van der Waals surface area contributed by atoms with Crippen LogP contribution in [0.4, 0.5) is 0 Å². The number of hydrogen-bond acceptors (Lipinski definition) is 1. The minimum Gasteiger partial charge on any atom is -0.380 e. The number of benzene rings is 4. The molecule has 1 nitrogen and oxygen atoms in total. The summed E-state index contributed by atoms with van der Waals surface area (Å²) < 4.78 is 5.33. The third-order valence-electron chi connectivity index (χ3n) is 4.84. The monoisotopic (exact) mass is 350 g/mol. The van der Waals surface area contributed by atoms with Gasteiger partial charge in [-0.15, -0.1) is 0 Å². The van der Waals surface area contributed by atoms with Crippen LogP contribution in [0.3, 0.4) is 0 Å². The molecule has 0 aromatic heterocycles. The van der Waals surface area contributed by atoms with Crippen LogP contribution in [-0.4, -0.2) is 7.11 Å². The number of hydrogen-bond donors (Lipinski definition) is 0. The Kier molecular flexibility index (Phi) is 5.13. The summed E-state index contributed by atoms with van der Waals surface area (Å²) in [4.78, 5) is 0. The molecule has 0 atom stereocenters. The second-order valence-electron chi connectivity index (χ2n) is 6.61. The van der Waals surface area contributed by atoms with Gasteiger partial charge in [0.15, 0.2) is 0 Å². The smallest absolute Gasteiger partial charge is 0.0719 e. The first-order valence-electron chi connectivity index (χ1n) is 9.18. The molecular formula is C26H22O. The lowest BCUT2D eigenvalue weighted by atomic mass is 9.96. The van der Waals surface area contributed by atoms with E-state index in [1.54, 1.807) is 7.11 Å². The Bertz CT molecular complexity index is 1000. The van der Waals surface area contributed by atoms with Gasteiger partial charge >= 0.3 is 0 Å². The van der Waals surface area contributed by atoms with Crippen LogP contribution in [0.1, 0.15) is 5.56 Å². The van der Waals surface area contributed by atoms with Gasteiger partial charge < -0.3 is 4.74 Å². The van der Waals surface area contributed by atoms with Gasteiger partial charge in [0.25, 0.3) is 0 Å². The zero-order valence-corrected chi connectivity index (χ0v) is 15.4. The molecule has 0 aliphatic rings. The van der Waals surface area contributed by atoms with E-state index in [2.05, 4.69) is 97.1 Å². The molecule has 0 unspecified atom stereocenters. The van der Waals surface area contributed by atoms with Gasteiger partial charge in [-0.3, -0.25) is 0 Å². The molecule has 0 bridgehead atoms. The van der Waals surface area contributed by atoms with E-state index in [0.717, 1.165) is 0 Å². The van der Waals surface area contributed by atoms with Gasteiger partial charge in [0.1, 0.15) is 0 Å². The van der Waals surface area contributed by atoms with Crippen molar-refractivity contribution in [3.63, 3.8) is 0 Å². The fourth-order valence-corrected chi connectivity index (χ4v) is 3.41. The van der Waals surface area contributed by atoms with Crippen LogP contribution in [0.15, 0.2) is 103 Å². The lowest BCUT2D eigenvalue weighted by Gasteiger charge is -2.10. The van der Waals surface area contributed by atoms with Crippen molar-refractivity contribution in [1.29, 1.82) is 0 Å². The summed E-state index contributed by atoms with van der Waals surface area (Å²) in [6.45, 7) is 0.624. The molecule has 0 aliphatic heterocycles. The maximum atomic E-state index is 5.33.